The third-order valence-electron chi connectivity index (χ3n) is 2.99. The maximum atomic E-state index is 5.45. The lowest BCUT2D eigenvalue weighted by atomic mass is 10.3. The number of methoxy groups -OCH3 is 1. The minimum atomic E-state index is 0.609. The molecule has 2 heterocycles. The molecule has 7 heteroatoms. The van der Waals surface area contributed by atoms with E-state index in [0.717, 1.165) is 22.5 Å². The summed E-state index contributed by atoms with van der Waals surface area (Å²) in [5, 5.41) is 7.40. The van der Waals surface area contributed by atoms with E-state index in [0.29, 0.717) is 32.3 Å². The molecule has 0 saturated heterocycles. The van der Waals surface area contributed by atoms with Gasteiger partial charge in [0.05, 0.1) is 25.2 Å². The lowest BCUT2D eigenvalue weighted by Crippen LogP contribution is -2.13. The van der Waals surface area contributed by atoms with Gasteiger partial charge in [0.25, 0.3) is 0 Å². The van der Waals surface area contributed by atoms with E-state index in [-0.39, 0.29) is 0 Å². The lowest BCUT2D eigenvalue weighted by Gasteiger charge is -2.09. The Balaban J connectivity index is 2.04. The van der Waals surface area contributed by atoms with Crippen LogP contribution in [0.15, 0.2) is 6.07 Å². The smallest absolute Gasteiger partial charge is 0.225 e. The molecule has 0 amide bonds. The summed E-state index contributed by atoms with van der Waals surface area (Å²) in [4.78, 5) is 11.3. The summed E-state index contributed by atoms with van der Waals surface area (Å²) in [5.41, 5.74) is 0. The van der Waals surface area contributed by atoms with Crippen molar-refractivity contribution in [3.63, 3.8) is 0 Å². The minimum absolute atomic E-state index is 0.609. The Labute approximate surface area is 128 Å². The summed E-state index contributed by atoms with van der Waals surface area (Å²) < 4.78 is 10.4. The van der Waals surface area contributed by atoms with Gasteiger partial charge in [-0.15, -0.1) is 11.3 Å². The van der Waals surface area contributed by atoms with Crippen molar-refractivity contribution in [1.82, 2.24) is 9.97 Å². The SMILES string of the molecule is CCc1cc2c(NCCOCCOC)nc(NC)nc2s1. The number of hydrogen-bond donors (Lipinski definition) is 2. The van der Waals surface area contributed by atoms with Gasteiger partial charge >= 0.3 is 0 Å². The monoisotopic (exact) mass is 310 g/mol. The van der Waals surface area contributed by atoms with E-state index in [1.54, 1.807) is 18.4 Å². The normalized spacial score (nSPS) is 11.0. The highest BCUT2D eigenvalue weighted by molar-refractivity contribution is 7.18. The molecule has 21 heavy (non-hydrogen) atoms. The Morgan fingerprint density at radius 1 is 1.24 bits per heavy atom. The van der Waals surface area contributed by atoms with E-state index in [1.807, 2.05) is 7.05 Å². The molecule has 0 aliphatic heterocycles. The second kappa shape index (κ2) is 8.11. The summed E-state index contributed by atoms with van der Waals surface area (Å²) in [7, 11) is 3.49. The zero-order valence-electron chi connectivity index (χ0n) is 12.7. The lowest BCUT2D eigenvalue weighted by molar-refractivity contribution is 0.0759. The van der Waals surface area contributed by atoms with Gasteiger partial charge in [-0.3, -0.25) is 0 Å². The molecule has 116 valence electrons. The number of anilines is 2. The van der Waals surface area contributed by atoms with Gasteiger partial charge in [-0.2, -0.15) is 4.98 Å². The number of rotatable bonds is 9. The van der Waals surface area contributed by atoms with Crippen molar-refractivity contribution in [3.05, 3.63) is 10.9 Å². The summed E-state index contributed by atoms with van der Waals surface area (Å²) >= 11 is 1.71. The van der Waals surface area contributed by atoms with Crippen molar-refractivity contribution >= 4 is 33.3 Å². The average molecular weight is 310 g/mol. The molecule has 2 aromatic heterocycles. The molecule has 6 nitrogen and oxygen atoms in total. The van der Waals surface area contributed by atoms with Crippen LogP contribution in [0, 0.1) is 0 Å². The third kappa shape index (κ3) is 4.26. The minimum Gasteiger partial charge on any atom is -0.382 e. The van der Waals surface area contributed by atoms with Gasteiger partial charge in [0.2, 0.25) is 5.95 Å². The Morgan fingerprint density at radius 2 is 2.10 bits per heavy atom. The molecule has 0 atom stereocenters. The second-order valence-electron chi connectivity index (χ2n) is 4.46. The molecule has 0 fully saturated rings. The van der Waals surface area contributed by atoms with Gasteiger partial charge in [-0.05, 0) is 12.5 Å². The van der Waals surface area contributed by atoms with Crippen LogP contribution in [0.1, 0.15) is 11.8 Å². The zero-order valence-corrected chi connectivity index (χ0v) is 13.5. The molecule has 2 aromatic rings. The topological polar surface area (TPSA) is 68.3 Å². The molecule has 2 rings (SSSR count). The fourth-order valence-corrected chi connectivity index (χ4v) is 2.85. The summed E-state index contributed by atoms with van der Waals surface area (Å²) in [6.07, 6.45) is 1.01. The molecular formula is C14H22N4O2S. The molecular weight excluding hydrogens is 288 g/mol. The Kier molecular flexibility index (Phi) is 6.16. The molecule has 0 unspecified atom stereocenters. The van der Waals surface area contributed by atoms with Gasteiger partial charge < -0.3 is 20.1 Å². The van der Waals surface area contributed by atoms with Crippen LogP contribution in [0.4, 0.5) is 11.8 Å². The highest BCUT2D eigenvalue weighted by Gasteiger charge is 2.10. The van der Waals surface area contributed by atoms with Gasteiger partial charge in [0.15, 0.2) is 0 Å². The van der Waals surface area contributed by atoms with Crippen LogP contribution in [0.3, 0.4) is 0 Å². The third-order valence-corrected chi connectivity index (χ3v) is 4.16. The maximum Gasteiger partial charge on any atom is 0.225 e. The van der Waals surface area contributed by atoms with Crippen molar-refractivity contribution in [2.24, 2.45) is 0 Å². The van der Waals surface area contributed by atoms with Crippen LogP contribution in [0.25, 0.3) is 10.2 Å². The summed E-state index contributed by atoms with van der Waals surface area (Å²) in [5.74, 6) is 1.49. The summed E-state index contributed by atoms with van der Waals surface area (Å²) in [6, 6.07) is 2.16. The fraction of sp³-hybridized carbons (Fsp3) is 0.571. The van der Waals surface area contributed by atoms with Crippen LogP contribution < -0.4 is 10.6 Å². The first kappa shape index (κ1) is 15.9. The standard InChI is InChI=1S/C14H22N4O2S/c1-4-10-9-11-12(16-5-6-20-8-7-19-3)17-14(15-2)18-13(11)21-10/h9H,4-8H2,1-3H3,(H2,15,16,17,18). The van der Waals surface area contributed by atoms with Crippen LogP contribution in [-0.4, -0.2) is 50.5 Å². The van der Waals surface area contributed by atoms with Crippen molar-refractivity contribution < 1.29 is 9.47 Å². The molecule has 0 aliphatic rings. The first-order chi connectivity index (χ1) is 10.3. The molecule has 0 spiro atoms. The molecule has 0 radical (unpaired) electrons. The highest BCUT2D eigenvalue weighted by atomic mass is 32.1. The Hall–Kier alpha value is -1.44. The number of ether oxygens (including phenoxy) is 2. The molecule has 0 bridgehead atoms. The quantitative estimate of drug-likeness (QED) is 0.693. The van der Waals surface area contributed by atoms with Crippen molar-refractivity contribution in [2.45, 2.75) is 13.3 Å². The van der Waals surface area contributed by atoms with E-state index in [9.17, 15) is 0 Å². The largest absolute Gasteiger partial charge is 0.382 e. The van der Waals surface area contributed by atoms with E-state index < -0.39 is 0 Å². The average Bonchev–Trinajstić information content (AvgIpc) is 2.93. The van der Waals surface area contributed by atoms with E-state index >= 15 is 0 Å². The van der Waals surface area contributed by atoms with Crippen LogP contribution in [0.5, 0.6) is 0 Å². The van der Waals surface area contributed by atoms with E-state index in [4.69, 9.17) is 9.47 Å². The van der Waals surface area contributed by atoms with Gasteiger partial charge in [-0.25, -0.2) is 4.98 Å². The number of hydrogen-bond acceptors (Lipinski definition) is 7. The fourth-order valence-electron chi connectivity index (χ4n) is 1.88. The predicted molar refractivity (Wildman–Crippen MR) is 87.5 cm³/mol. The first-order valence-corrected chi connectivity index (χ1v) is 7.89. The van der Waals surface area contributed by atoms with E-state index in [1.165, 1.54) is 4.88 Å². The number of thiophene rings is 1. The highest BCUT2D eigenvalue weighted by Crippen LogP contribution is 2.30. The number of aromatic nitrogens is 2. The van der Waals surface area contributed by atoms with E-state index in [2.05, 4.69) is 33.6 Å². The maximum absolute atomic E-state index is 5.45. The molecule has 0 saturated carbocycles. The Morgan fingerprint density at radius 3 is 2.81 bits per heavy atom. The number of nitrogens with zero attached hydrogens (tertiary/aromatic N) is 2. The molecule has 0 aromatic carbocycles. The van der Waals surface area contributed by atoms with Gasteiger partial charge in [0, 0.05) is 25.6 Å². The van der Waals surface area contributed by atoms with Gasteiger partial charge in [0.1, 0.15) is 10.6 Å². The van der Waals surface area contributed by atoms with Crippen molar-refractivity contribution in [2.75, 3.05) is 51.2 Å². The second-order valence-corrected chi connectivity index (χ2v) is 5.58. The zero-order chi connectivity index (χ0) is 15.1. The number of aryl methyl sites for hydroxylation is 1. The van der Waals surface area contributed by atoms with Crippen molar-refractivity contribution in [1.29, 1.82) is 0 Å². The van der Waals surface area contributed by atoms with Crippen LogP contribution >= 0.6 is 11.3 Å². The Bertz CT molecular complexity index is 573. The number of nitrogens with one attached hydrogen (secondary N) is 2. The van der Waals surface area contributed by atoms with Crippen LogP contribution in [-0.2, 0) is 15.9 Å². The number of fused-ring (bicyclic) bond motifs is 1. The predicted octanol–water partition coefficient (Wildman–Crippen LogP) is 2.37. The van der Waals surface area contributed by atoms with Gasteiger partial charge in [-0.1, -0.05) is 6.92 Å². The molecule has 2 N–H and O–H groups in total. The van der Waals surface area contributed by atoms with Crippen molar-refractivity contribution in [3.8, 4) is 0 Å². The first-order valence-electron chi connectivity index (χ1n) is 7.07. The summed E-state index contributed by atoms with van der Waals surface area (Å²) in [6.45, 7) is 4.70. The molecule has 0 aliphatic carbocycles. The van der Waals surface area contributed by atoms with Crippen LogP contribution in [0.2, 0.25) is 0 Å².